The molecule has 0 saturated carbocycles. The number of amides is 1. The summed E-state index contributed by atoms with van der Waals surface area (Å²) in [5, 5.41) is 2.30. The van der Waals surface area contributed by atoms with E-state index in [4.69, 9.17) is 0 Å². The number of aromatic nitrogens is 3. The first-order chi connectivity index (χ1) is 15.7. The summed E-state index contributed by atoms with van der Waals surface area (Å²) in [6.07, 6.45) is -0.249. The van der Waals surface area contributed by atoms with Crippen LogP contribution in [0.1, 0.15) is 34.2 Å². The Hall–Kier alpha value is -3.34. The summed E-state index contributed by atoms with van der Waals surface area (Å²) in [6.45, 7) is 4.47. The Labute approximate surface area is 188 Å². The van der Waals surface area contributed by atoms with Gasteiger partial charge >= 0.3 is 6.18 Å². The number of aromatic amines is 1. The lowest BCUT2D eigenvalue weighted by molar-refractivity contribution is -0.140. The predicted octanol–water partition coefficient (Wildman–Crippen LogP) is 2.29. The highest BCUT2D eigenvalue weighted by Gasteiger charge is 2.38. The number of aryl methyl sites for hydroxylation is 1. The molecule has 11 heteroatoms. The standard InChI is InChI=1S/C22H25F3N6O2/c1-3-15-13-31-12-14(10-18(31)28-20(15)32)11-29-6-8-30(9-7-29)17-5-4-16(21(33)26-2)27-19(17)22(23,24)25/h4-5,10,12-13H,3,6-9,11H2,1-2H3,(H,26,33)(H,28,32). The largest absolute Gasteiger partial charge is 0.435 e. The van der Waals surface area contributed by atoms with E-state index in [9.17, 15) is 22.8 Å². The number of rotatable bonds is 5. The lowest BCUT2D eigenvalue weighted by atomic mass is 10.2. The van der Waals surface area contributed by atoms with E-state index in [1.807, 2.05) is 29.8 Å². The molecule has 1 saturated heterocycles. The fourth-order valence-electron chi connectivity index (χ4n) is 4.08. The van der Waals surface area contributed by atoms with Crippen LogP contribution in [0.15, 0.2) is 35.4 Å². The number of anilines is 1. The van der Waals surface area contributed by atoms with Crippen molar-refractivity contribution in [1.82, 2.24) is 24.6 Å². The Bertz CT molecular complexity index is 1230. The SMILES string of the molecule is CCc1cn2cc(CN3CCN(c4ccc(C(=O)NC)nc4C(F)(F)F)CC3)cc2[nH]c1=O. The molecule has 2 N–H and O–H groups in total. The van der Waals surface area contributed by atoms with Gasteiger partial charge in [0.05, 0.1) is 5.69 Å². The van der Waals surface area contributed by atoms with Gasteiger partial charge in [0.25, 0.3) is 11.5 Å². The lowest BCUT2D eigenvalue weighted by Crippen LogP contribution is -2.46. The first-order valence-electron chi connectivity index (χ1n) is 10.7. The van der Waals surface area contributed by atoms with Crippen LogP contribution >= 0.6 is 0 Å². The fraction of sp³-hybridized carbons (Fsp3) is 0.409. The number of pyridine rings is 1. The van der Waals surface area contributed by atoms with E-state index in [-0.39, 0.29) is 16.9 Å². The van der Waals surface area contributed by atoms with Crippen LogP contribution in [0.4, 0.5) is 18.9 Å². The summed E-state index contributed by atoms with van der Waals surface area (Å²) in [5.74, 6) is -0.663. The molecule has 0 aliphatic carbocycles. The summed E-state index contributed by atoms with van der Waals surface area (Å²) < 4.78 is 42.8. The second kappa shape index (κ2) is 8.89. The topological polar surface area (TPSA) is 85.7 Å². The van der Waals surface area contributed by atoms with Crippen LogP contribution < -0.4 is 15.8 Å². The molecule has 0 atom stereocenters. The molecule has 1 amide bonds. The fourth-order valence-corrected chi connectivity index (χ4v) is 4.08. The van der Waals surface area contributed by atoms with E-state index in [2.05, 4.69) is 20.2 Å². The molecule has 0 radical (unpaired) electrons. The molecular formula is C22H25F3N6O2. The molecule has 0 bridgehead atoms. The first-order valence-corrected chi connectivity index (χ1v) is 10.7. The van der Waals surface area contributed by atoms with Crippen molar-refractivity contribution in [3.05, 3.63) is 63.5 Å². The molecule has 1 fully saturated rings. The highest BCUT2D eigenvalue weighted by atomic mass is 19.4. The Morgan fingerprint density at radius 1 is 1.18 bits per heavy atom. The Morgan fingerprint density at radius 3 is 2.55 bits per heavy atom. The van der Waals surface area contributed by atoms with Crippen molar-refractivity contribution >= 4 is 17.2 Å². The molecule has 4 heterocycles. The van der Waals surface area contributed by atoms with Gasteiger partial charge in [-0.2, -0.15) is 13.2 Å². The maximum absolute atomic E-state index is 13.6. The van der Waals surface area contributed by atoms with Crippen LogP contribution in [0, 0.1) is 0 Å². The van der Waals surface area contributed by atoms with E-state index in [1.54, 1.807) is 4.90 Å². The number of alkyl halides is 3. The van der Waals surface area contributed by atoms with Crippen molar-refractivity contribution in [2.45, 2.75) is 26.1 Å². The van der Waals surface area contributed by atoms with E-state index in [0.717, 1.165) is 5.56 Å². The minimum atomic E-state index is -4.67. The van der Waals surface area contributed by atoms with E-state index in [0.29, 0.717) is 50.4 Å². The predicted molar refractivity (Wildman–Crippen MR) is 118 cm³/mol. The van der Waals surface area contributed by atoms with Crippen molar-refractivity contribution in [2.24, 2.45) is 0 Å². The van der Waals surface area contributed by atoms with Crippen molar-refractivity contribution in [3.8, 4) is 0 Å². The maximum Gasteiger partial charge on any atom is 0.435 e. The van der Waals surface area contributed by atoms with Gasteiger partial charge < -0.3 is 19.6 Å². The Kier molecular flexibility index (Phi) is 6.15. The minimum absolute atomic E-state index is 0.0194. The highest BCUT2D eigenvalue weighted by Crippen LogP contribution is 2.35. The number of nitrogens with one attached hydrogen (secondary N) is 2. The number of carbonyl (C=O) groups is 1. The first kappa shape index (κ1) is 22.8. The van der Waals surface area contributed by atoms with Crippen LogP contribution in [0.2, 0.25) is 0 Å². The quantitative estimate of drug-likeness (QED) is 0.608. The second-order valence-corrected chi connectivity index (χ2v) is 8.01. The van der Waals surface area contributed by atoms with Gasteiger partial charge in [-0.05, 0) is 30.2 Å². The number of hydrogen-bond acceptors (Lipinski definition) is 5. The molecule has 4 rings (SSSR count). The third-order valence-corrected chi connectivity index (χ3v) is 5.84. The smallest absolute Gasteiger partial charge is 0.367 e. The Balaban J connectivity index is 1.47. The zero-order valence-corrected chi connectivity index (χ0v) is 18.4. The molecule has 0 aromatic carbocycles. The van der Waals surface area contributed by atoms with Crippen LogP contribution in [0.25, 0.3) is 5.65 Å². The molecule has 0 unspecified atom stereocenters. The van der Waals surface area contributed by atoms with Gasteiger partial charge in [-0.15, -0.1) is 0 Å². The summed E-state index contributed by atoms with van der Waals surface area (Å²) in [7, 11) is 1.35. The third kappa shape index (κ3) is 4.72. The number of fused-ring (bicyclic) bond motifs is 1. The van der Waals surface area contributed by atoms with Gasteiger partial charge in [-0.1, -0.05) is 6.92 Å². The number of piperazine rings is 1. The van der Waals surface area contributed by atoms with Crippen molar-refractivity contribution in [3.63, 3.8) is 0 Å². The number of nitrogens with zero attached hydrogens (tertiary/aromatic N) is 4. The minimum Gasteiger partial charge on any atom is -0.367 e. The van der Waals surface area contributed by atoms with Crippen molar-refractivity contribution in [2.75, 3.05) is 38.1 Å². The molecule has 3 aromatic heterocycles. The van der Waals surface area contributed by atoms with Crippen LogP contribution in [0.5, 0.6) is 0 Å². The van der Waals surface area contributed by atoms with E-state index >= 15 is 0 Å². The average molecular weight is 462 g/mol. The maximum atomic E-state index is 13.6. The van der Waals surface area contributed by atoms with Crippen LogP contribution in [0.3, 0.4) is 0 Å². The van der Waals surface area contributed by atoms with Gasteiger partial charge in [0.2, 0.25) is 0 Å². The normalized spacial score (nSPS) is 15.2. The monoisotopic (exact) mass is 462 g/mol. The van der Waals surface area contributed by atoms with Gasteiger partial charge in [0.1, 0.15) is 11.3 Å². The van der Waals surface area contributed by atoms with Gasteiger partial charge in [0.15, 0.2) is 5.69 Å². The molecule has 1 aliphatic heterocycles. The van der Waals surface area contributed by atoms with Gasteiger partial charge in [-0.25, -0.2) is 4.98 Å². The number of hydrogen-bond donors (Lipinski definition) is 2. The number of carbonyl (C=O) groups excluding carboxylic acids is 1. The number of halogens is 3. The molecule has 0 spiro atoms. The summed E-state index contributed by atoms with van der Waals surface area (Å²) in [6, 6.07) is 4.54. The average Bonchev–Trinajstić information content (AvgIpc) is 3.18. The number of H-pyrrole nitrogens is 1. The zero-order chi connectivity index (χ0) is 23.8. The summed E-state index contributed by atoms with van der Waals surface area (Å²) in [5.41, 5.74) is 0.996. The summed E-state index contributed by atoms with van der Waals surface area (Å²) >= 11 is 0. The van der Waals surface area contributed by atoms with E-state index < -0.39 is 17.8 Å². The third-order valence-electron chi connectivity index (χ3n) is 5.84. The molecule has 3 aromatic rings. The Morgan fingerprint density at radius 2 is 1.91 bits per heavy atom. The van der Waals surface area contributed by atoms with Crippen LogP contribution in [-0.4, -0.2) is 58.4 Å². The molecule has 176 valence electrons. The van der Waals surface area contributed by atoms with Crippen molar-refractivity contribution in [1.29, 1.82) is 0 Å². The molecule has 8 nitrogen and oxygen atoms in total. The zero-order valence-electron chi connectivity index (χ0n) is 18.4. The highest BCUT2D eigenvalue weighted by molar-refractivity contribution is 5.92. The van der Waals surface area contributed by atoms with Crippen LogP contribution in [-0.2, 0) is 19.1 Å². The lowest BCUT2D eigenvalue weighted by Gasteiger charge is -2.36. The van der Waals surface area contributed by atoms with Crippen molar-refractivity contribution < 1.29 is 18.0 Å². The second-order valence-electron chi connectivity index (χ2n) is 8.01. The van der Waals surface area contributed by atoms with E-state index in [1.165, 1.54) is 19.2 Å². The molecular weight excluding hydrogens is 437 g/mol. The molecule has 1 aliphatic rings. The van der Waals surface area contributed by atoms with Gasteiger partial charge in [-0.3, -0.25) is 14.5 Å². The van der Waals surface area contributed by atoms with Gasteiger partial charge in [0, 0.05) is 57.7 Å². The summed E-state index contributed by atoms with van der Waals surface area (Å²) in [4.78, 5) is 34.0. The molecule has 33 heavy (non-hydrogen) atoms.